The van der Waals surface area contributed by atoms with Crippen LogP contribution >= 0.6 is 11.6 Å². The highest BCUT2D eigenvalue weighted by atomic mass is 35.5. The first-order valence-corrected chi connectivity index (χ1v) is 7.85. The zero-order valence-corrected chi connectivity index (χ0v) is 13.4. The maximum absolute atomic E-state index is 9.82. The van der Waals surface area contributed by atoms with Crippen LogP contribution < -0.4 is 5.32 Å². The standard InChI is InChI=1S/C18H22ClNO2/c1-13(21)9-15(14-5-3-2-4-6-14)11-20-12-16-10-17(19)7-8-18(16)22/h2-8,10,13,15,20-22H,9,11-12H2,1H3. The lowest BCUT2D eigenvalue weighted by Crippen LogP contribution is -2.23. The molecule has 3 nitrogen and oxygen atoms in total. The number of hydrogen-bond donors (Lipinski definition) is 3. The number of nitrogens with one attached hydrogen (secondary N) is 1. The van der Waals surface area contributed by atoms with Gasteiger partial charge in [0.15, 0.2) is 0 Å². The third kappa shape index (κ3) is 5.02. The van der Waals surface area contributed by atoms with Crippen molar-refractivity contribution in [1.29, 1.82) is 0 Å². The maximum atomic E-state index is 9.82. The van der Waals surface area contributed by atoms with E-state index < -0.39 is 0 Å². The predicted octanol–water partition coefficient (Wildman–Crippen LogP) is 3.69. The average molecular weight is 320 g/mol. The van der Waals surface area contributed by atoms with E-state index in [0.717, 1.165) is 12.1 Å². The molecule has 4 heteroatoms. The monoisotopic (exact) mass is 319 g/mol. The summed E-state index contributed by atoms with van der Waals surface area (Å²) < 4.78 is 0. The normalized spacial score (nSPS) is 13.8. The van der Waals surface area contributed by atoms with Gasteiger partial charge in [0, 0.05) is 23.7 Å². The fourth-order valence-electron chi connectivity index (χ4n) is 2.55. The molecule has 0 radical (unpaired) electrons. The van der Waals surface area contributed by atoms with Gasteiger partial charge >= 0.3 is 0 Å². The molecular formula is C18H22ClNO2. The summed E-state index contributed by atoms with van der Waals surface area (Å²) in [6, 6.07) is 15.2. The molecule has 0 fully saturated rings. The number of phenolic OH excluding ortho intramolecular Hbond substituents is 1. The van der Waals surface area contributed by atoms with Gasteiger partial charge in [-0.3, -0.25) is 0 Å². The van der Waals surface area contributed by atoms with Crippen LogP contribution in [-0.2, 0) is 6.54 Å². The van der Waals surface area contributed by atoms with Crippen molar-refractivity contribution < 1.29 is 10.2 Å². The van der Waals surface area contributed by atoms with E-state index in [-0.39, 0.29) is 17.8 Å². The molecular weight excluding hydrogens is 298 g/mol. The smallest absolute Gasteiger partial charge is 0.120 e. The summed E-state index contributed by atoms with van der Waals surface area (Å²) in [4.78, 5) is 0. The van der Waals surface area contributed by atoms with Crippen molar-refractivity contribution in [3.05, 3.63) is 64.7 Å². The fourth-order valence-corrected chi connectivity index (χ4v) is 2.75. The fraction of sp³-hybridized carbons (Fsp3) is 0.333. The Labute approximate surface area is 136 Å². The van der Waals surface area contributed by atoms with Gasteiger partial charge in [-0.25, -0.2) is 0 Å². The second-order valence-corrected chi connectivity index (χ2v) is 6.03. The molecule has 2 atom stereocenters. The second-order valence-electron chi connectivity index (χ2n) is 5.60. The third-order valence-electron chi connectivity index (χ3n) is 3.64. The first-order valence-electron chi connectivity index (χ1n) is 7.47. The topological polar surface area (TPSA) is 52.5 Å². The van der Waals surface area contributed by atoms with Crippen LogP contribution in [0.1, 0.15) is 30.4 Å². The Balaban J connectivity index is 1.98. The largest absolute Gasteiger partial charge is 0.508 e. The van der Waals surface area contributed by atoms with Gasteiger partial charge in [-0.15, -0.1) is 0 Å². The molecule has 0 amide bonds. The number of aromatic hydroxyl groups is 1. The Morgan fingerprint density at radius 3 is 2.55 bits per heavy atom. The minimum Gasteiger partial charge on any atom is -0.508 e. The average Bonchev–Trinajstić information content (AvgIpc) is 2.50. The van der Waals surface area contributed by atoms with E-state index in [4.69, 9.17) is 11.6 Å². The van der Waals surface area contributed by atoms with E-state index in [9.17, 15) is 10.2 Å². The summed E-state index contributed by atoms with van der Waals surface area (Å²) in [7, 11) is 0. The lowest BCUT2D eigenvalue weighted by molar-refractivity contribution is 0.173. The molecule has 0 heterocycles. The zero-order chi connectivity index (χ0) is 15.9. The van der Waals surface area contributed by atoms with E-state index in [0.29, 0.717) is 18.0 Å². The molecule has 2 unspecified atom stereocenters. The Hall–Kier alpha value is -1.55. The van der Waals surface area contributed by atoms with Gasteiger partial charge in [-0.2, -0.15) is 0 Å². The second kappa shape index (κ2) is 8.18. The minimum atomic E-state index is -0.355. The molecule has 3 N–H and O–H groups in total. The molecule has 2 aromatic rings. The zero-order valence-electron chi connectivity index (χ0n) is 12.7. The Bertz CT molecular complexity index is 587. The van der Waals surface area contributed by atoms with Crippen molar-refractivity contribution in [2.24, 2.45) is 0 Å². The van der Waals surface area contributed by atoms with Crippen molar-refractivity contribution in [2.75, 3.05) is 6.54 Å². The highest BCUT2D eigenvalue weighted by Crippen LogP contribution is 2.23. The third-order valence-corrected chi connectivity index (χ3v) is 3.88. The van der Waals surface area contributed by atoms with Crippen LogP contribution in [0.25, 0.3) is 0 Å². The van der Waals surface area contributed by atoms with Crippen LogP contribution in [-0.4, -0.2) is 22.9 Å². The minimum absolute atomic E-state index is 0.225. The molecule has 0 aliphatic carbocycles. The molecule has 0 saturated heterocycles. The Morgan fingerprint density at radius 2 is 1.86 bits per heavy atom. The number of halogens is 1. The van der Waals surface area contributed by atoms with Gasteiger partial charge in [-0.05, 0) is 43.0 Å². The molecule has 0 aliphatic heterocycles. The van der Waals surface area contributed by atoms with Crippen LogP contribution in [0.2, 0.25) is 5.02 Å². The first kappa shape index (κ1) is 16.8. The lowest BCUT2D eigenvalue weighted by atomic mass is 9.93. The van der Waals surface area contributed by atoms with Crippen LogP contribution in [0.4, 0.5) is 0 Å². The van der Waals surface area contributed by atoms with Crippen molar-refractivity contribution in [1.82, 2.24) is 5.32 Å². The van der Waals surface area contributed by atoms with Crippen LogP contribution in [0.3, 0.4) is 0 Å². The molecule has 0 aliphatic rings. The first-order chi connectivity index (χ1) is 10.6. The Morgan fingerprint density at radius 1 is 1.14 bits per heavy atom. The van der Waals surface area contributed by atoms with Gasteiger partial charge in [0.1, 0.15) is 5.75 Å². The molecule has 0 saturated carbocycles. The number of hydrogen-bond acceptors (Lipinski definition) is 3. The summed E-state index contributed by atoms with van der Waals surface area (Å²) in [6.07, 6.45) is 0.338. The summed E-state index contributed by atoms with van der Waals surface area (Å²) in [6.45, 7) is 3.06. The lowest BCUT2D eigenvalue weighted by Gasteiger charge is -2.20. The van der Waals surface area contributed by atoms with Crippen LogP contribution in [0.5, 0.6) is 5.75 Å². The Kier molecular flexibility index (Phi) is 6.25. The van der Waals surface area contributed by atoms with Crippen molar-refractivity contribution in [3.63, 3.8) is 0 Å². The van der Waals surface area contributed by atoms with E-state index in [1.165, 1.54) is 5.56 Å². The molecule has 0 spiro atoms. The number of aliphatic hydroxyl groups excluding tert-OH is 1. The van der Waals surface area contributed by atoms with E-state index in [2.05, 4.69) is 17.4 Å². The van der Waals surface area contributed by atoms with Crippen molar-refractivity contribution in [3.8, 4) is 5.75 Å². The summed E-state index contributed by atoms with van der Waals surface area (Å²) in [5, 5.41) is 23.5. The SMILES string of the molecule is CC(O)CC(CNCc1cc(Cl)ccc1O)c1ccccc1. The quantitative estimate of drug-likeness (QED) is 0.729. The number of benzene rings is 2. The molecule has 22 heavy (non-hydrogen) atoms. The summed E-state index contributed by atoms with van der Waals surface area (Å²) >= 11 is 5.95. The van der Waals surface area contributed by atoms with Gasteiger partial charge in [0.05, 0.1) is 6.10 Å². The van der Waals surface area contributed by atoms with Gasteiger partial charge in [-0.1, -0.05) is 41.9 Å². The summed E-state index contributed by atoms with van der Waals surface area (Å²) in [5.41, 5.74) is 1.97. The van der Waals surface area contributed by atoms with Crippen molar-refractivity contribution in [2.45, 2.75) is 31.9 Å². The van der Waals surface area contributed by atoms with E-state index >= 15 is 0 Å². The van der Waals surface area contributed by atoms with E-state index in [1.807, 2.05) is 18.2 Å². The number of phenols is 1. The molecule has 2 rings (SSSR count). The molecule has 0 aromatic heterocycles. The highest BCUT2D eigenvalue weighted by Gasteiger charge is 2.14. The summed E-state index contributed by atoms with van der Waals surface area (Å²) in [5.74, 6) is 0.464. The van der Waals surface area contributed by atoms with Crippen LogP contribution in [0, 0.1) is 0 Å². The van der Waals surface area contributed by atoms with Crippen LogP contribution in [0.15, 0.2) is 48.5 Å². The van der Waals surface area contributed by atoms with Gasteiger partial charge in [0.2, 0.25) is 0 Å². The maximum Gasteiger partial charge on any atom is 0.120 e. The highest BCUT2D eigenvalue weighted by molar-refractivity contribution is 6.30. The predicted molar refractivity (Wildman–Crippen MR) is 90.3 cm³/mol. The van der Waals surface area contributed by atoms with E-state index in [1.54, 1.807) is 25.1 Å². The van der Waals surface area contributed by atoms with Crippen molar-refractivity contribution >= 4 is 11.6 Å². The molecule has 118 valence electrons. The molecule has 0 bridgehead atoms. The number of aliphatic hydroxyl groups is 1. The van der Waals surface area contributed by atoms with Gasteiger partial charge < -0.3 is 15.5 Å². The van der Waals surface area contributed by atoms with Gasteiger partial charge in [0.25, 0.3) is 0 Å². The number of rotatable bonds is 7. The molecule has 2 aromatic carbocycles.